The number of aromatic amines is 1. The van der Waals surface area contributed by atoms with E-state index in [1.54, 1.807) is 7.05 Å². The summed E-state index contributed by atoms with van der Waals surface area (Å²) in [7, 11) is -1.56. The Labute approximate surface area is 112 Å². The number of hydrogen-bond acceptors (Lipinski definition) is 5. The Balaban J connectivity index is 2.06. The highest BCUT2D eigenvalue weighted by Crippen LogP contribution is 2.42. The number of carbonyl (C=O) groups excluding carboxylic acids is 1. The minimum absolute atomic E-state index is 0.0744. The van der Waals surface area contributed by atoms with Gasteiger partial charge in [0.05, 0.1) is 17.1 Å². The first-order chi connectivity index (χ1) is 8.79. The van der Waals surface area contributed by atoms with Gasteiger partial charge in [-0.25, -0.2) is 8.42 Å². The Bertz CT molecular complexity index is 589. The number of amides is 1. The van der Waals surface area contributed by atoms with Crippen LogP contribution in [0.1, 0.15) is 34.9 Å². The number of aromatic nitrogens is 2. The number of hydrogen-bond donors (Lipinski definition) is 2. The van der Waals surface area contributed by atoms with Crippen molar-refractivity contribution in [3.63, 3.8) is 0 Å². The molecule has 19 heavy (non-hydrogen) atoms. The summed E-state index contributed by atoms with van der Waals surface area (Å²) in [4.78, 5) is 13.4. The molecule has 0 aliphatic heterocycles. The first kappa shape index (κ1) is 13.9. The maximum atomic E-state index is 12.1. The molecule has 8 heteroatoms. The summed E-state index contributed by atoms with van der Waals surface area (Å²) in [5.41, 5.74) is 7.29. The first-order valence-corrected chi connectivity index (χ1v) is 8.12. The standard InChI is InChI=1S/C11H18N4O3S/c1-15(5-6-19(2,17)18)11(16)10-8(12)9(13-14-10)7-3-4-7/h7H,3-6,12H2,1-2H3,(H,13,14). The Hall–Kier alpha value is -1.57. The molecule has 1 aliphatic rings. The van der Waals surface area contributed by atoms with Crippen LogP contribution in [0.5, 0.6) is 0 Å². The molecule has 0 radical (unpaired) electrons. The molecule has 2 rings (SSSR count). The Morgan fingerprint density at radius 1 is 1.53 bits per heavy atom. The number of rotatable bonds is 5. The SMILES string of the molecule is CN(CCS(C)(=O)=O)C(=O)c1n[nH]c(C2CC2)c1N. The molecule has 3 N–H and O–H groups in total. The predicted octanol–water partition coefficient (Wildman–Crippen LogP) is -0.0141. The van der Waals surface area contributed by atoms with Crippen LogP contribution in [0.2, 0.25) is 0 Å². The number of nitrogen functional groups attached to an aromatic ring is 1. The molecule has 0 atom stereocenters. The van der Waals surface area contributed by atoms with Gasteiger partial charge in [0.15, 0.2) is 5.69 Å². The fourth-order valence-electron chi connectivity index (χ4n) is 1.80. The first-order valence-electron chi connectivity index (χ1n) is 6.06. The third-order valence-electron chi connectivity index (χ3n) is 3.17. The topological polar surface area (TPSA) is 109 Å². The normalized spacial score (nSPS) is 15.5. The zero-order valence-electron chi connectivity index (χ0n) is 11.0. The van der Waals surface area contributed by atoms with Gasteiger partial charge in [-0.2, -0.15) is 5.10 Å². The maximum Gasteiger partial charge on any atom is 0.276 e. The molecule has 1 heterocycles. The summed E-state index contributed by atoms with van der Waals surface area (Å²) in [6, 6.07) is 0. The minimum atomic E-state index is -3.10. The van der Waals surface area contributed by atoms with E-state index in [9.17, 15) is 13.2 Å². The Kier molecular flexibility index (Phi) is 3.53. The van der Waals surface area contributed by atoms with Crippen LogP contribution >= 0.6 is 0 Å². The number of nitrogens with two attached hydrogens (primary N) is 1. The molecule has 0 spiro atoms. The molecule has 106 valence electrons. The molecule has 1 saturated carbocycles. The molecule has 0 bridgehead atoms. The van der Waals surface area contributed by atoms with Gasteiger partial charge in [0.1, 0.15) is 9.84 Å². The lowest BCUT2D eigenvalue weighted by Gasteiger charge is -2.15. The fraction of sp³-hybridized carbons (Fsp3) is 0.636. The summed E-state index contributed by atoms with van der Waals surface area (Å²) < 4.78 is 22.2. The molecule has 1 aromatic heterocycles. The maximum absolute atomic E-state index is 12.1. The number of nitrogens with one attached hydrogen (secondary N) is 1. The second-order valence-corrected chi connectivity index (χ2v) is 7.29. The van der Waals surface area contributed by atoms with Gasteiger partial charge in [-0.1, -0.05) is 0 Å². The lowest BCUT2D eigenvalue weighted by Crippen LogP contribution is -2.32. The Morgan fingerprint density at radius 2 is 2.16 bits per heavy atom. The van der Waals surface area contributed by atoms with Gasteiger partial charge in [-0.15, -0.1) is 0 Å². The van der Waals surface area contributed by atoms with Gasteiger partial charge in [-0.05, 0) is 12.8 Å². The monoisotopic (exact) mass is 286 g/mol. The van der Waals surface area contributed by atoms with E-state index in [0.717, 1.165) is 24.8 Å². The van der Waals surface area contributed by atoms with Crippen molar-refractivity contribution in [2.24, 2.45) is 0 Å². The van der Waals surface area contributed by atoms with Gasteiger partial charge < -0.3 is 10.6 Å². The van der Waals surface area contributed by atoms with Gasteiger partial charge in [-0.3, -0.25) is 9.89 Å². The summed E-state index contributed by atoms with van der Waals surface area (Å²) in [5.74, 6) is -0.0469. The van der Waals surface area contributed by atoms with E-state index in [2.05, 4.69) is 10.2 Å². The molecule has 0 aromatic carbocycles. The van der Waals surface area contributed by atoms with Gasteiger partial charge in [0, 0.05) is 25.8 Å². The fourth-order valence-corrected chi connectivity index (χ4v) is 2.40. The van der Waals surface area contributed by atoms with Crippen LogP contribution in [0.4, 0.5) is 5.69 Å². The highest BCUT2D eigenvalue weighted by atomic mass is 32.2. The quantitative estimate of drug-likeness (QED) is 0.791. The number of sulfone groups is 1. The van der Waals surface area contributed by atoms with Crippen LogP contribution < -0.4 is 5.73 Å². The molecule has 1 aromatic rings. The summed E-state index contributed by atoms with van der Waals surface area (Å²) in [5, 5.41) is 6.76. The van der Waals surface area contributed by atoms with E-state index in [-0.39, 0.29) is 23.9 Å². The largest absolute Gasteiger partial charge is 0.395 e. The van der Waals surface area contributed by atoms with Crippen molar-refractivity contribution in [3.8, 4) is 0 Å². The van der Waals surface area contributed by atoms with Crippen molar-refractivity contribution in [1.82, 2.24) is 15.1 Å². The van der Waals surface area contributed by atoms with Crippen molar-refractivity contribution in [1.29, 1.82) is 0 Å². The summed E-state index contributed by atoms with van der Waals surface area (Å²) in [6.07, 6.45) is 3.26. The summed E-state index contributed by atoms with van der Waals surface area (Å²) >= 11 is 0. The van der Waals surface area contributed by atoms with E-state index in [1.807, 2.05) is 0 Å². The third-order valence-corrected chi connectivity index (χ3v) is 4.09. The summed E-state index contributed by atoms with van der Waals surface area (Å²) in [6.45, 7) is 0.128. The molecule has 1 fully saturated rings. The molecule has 0 saturated heterocycles. The highest BCUT2D eigenvalue weighted by Gasteiger charge is 2.31. The van der Waals surface area contributed by atoms with E-state index in [0.29, 0.717) is 11.6 Å². The van der Waals surface area contributed by atoms with Gasteiger partial charge >= 0.3 is 0 Å². The van der Waals surface area contributed by atoms with Crippen molar-refractivity contribution in [3.05, 3.63) is 11.4 Å². The van der Waals surface area contributed by atoms with Crippen molar-refractivity contribution in [2.45, 2.75) is 18.8 Å². The Morgan fingerprint density at radius 3 is 2.68 bits per heavy atom. The molecule has 0 unspecified atom stereocenters. The number of nitrogens with zero attached hydrogens (tertiary/aromatic N) is 2. The number of H-pyrrole nitrogens is 1. The molecule has 1 amide bonds. The molecule has 1 aliphatic carbocycles. The van der Waals surface area contributed by atoms with E-state index in [4.69, 9.17) is 5.73 Å². The van der Waals surface area contributed by atoms with Crippen LogP contribution in [0, 0.1) is 0 Å². The minimum Gasteiger partial charge on any atom is -0.395 e. The highest BCUT2D eigenvalue weighted by molar-refractivity contribution is 7.90. The molecular formula is C11H18N4O3S. The van der Waals surface area contributed by atoms with E-state index >= 15 is 0 Å². The second kappa shape index (κ2) is 4.84. The van der Waals surface area contributed by atoms with Crippen LogP contribution in [0.25, 0.3) is 0 Å². The van der Waals surface area contributed by atoms with Gasteiger partial charge in [0.25, 0.3) is 5.91 Å². The third kappa shape index (κ3) is 3.25. The van der Waals surface area contributed by atoms with E-state index in [1.165, 1.54) is 4.90 Å². The lowest BCUT2D eigenvalue weighted by atomic mass is 10.2. The zero-order chi connectivity index (χ0) is 14.2. The van der Waals surface area contributed by atoms with Crippen LogP contribution in [-0.4, -0.2) is 55.0 Å². The van der Waals surface area contributed by atoms with Crippen molar-refractivity contribution in [2.75, 3.05) is 31.3 Å². The molecular weight excluding hydrogens is 268 g/mol. The van der Waals surface area contributed by atoms with E-state index < -0.39 is 9.84 Å². The zero-order valence-corrected chi connectivity index (χ0v) is 11.8. The second-order valence-electron chi connectivity index (χ2n) is 5.03. The molecule has 7 nitrogen and oxygen atoms in total. The van der Waals surface area contributed by atoms with Crippen LogP contribution in [0.3, 0.4) is 0 Å². The van der Waals surface area contributed by atoms with Gasteiger partial charge in [0.2, 0.25) is 0 Å². The predicted molar refractivity (Wildman–Crippen MR) is 71.6 cm³/mol. The van der Waals surface area contributed by atoms with Crippen LogP contribution in [0.15, 0.2) is 0 Å². The van der Waals surface area contributed by atoms with Crippen molar-refractivity contribution < 1.29 is 13.2 Å². The average Bonchev–Trinajstić information content (AvgIpc) is 3.08. The lowest BCUT2D eigenvalue weighted by molar-refractivity contribution is 0.0798. The number of anilines is 1. The smallest absolute Gasteiger partial charge is 0.276 e. The van der Waals surface area contributed by atoms with Crippen LogP contribution in [-0.2, 0) is 9.84 Å². The average molecular weight is 286 g/mol. The van der Waals surface area contributed by atoms with Crippen molar-refractivity contribution >= 4 is 21.4 Å². The number of carbonyl (C=O) groups is 1.